The van der Waals surface area contributed by atoms with E-state index in [0.717, 1.165) is 12.1 Å². The van der Waals surface area contributed by atoms with Gasteiger partial charge in [-0.2, -0.15) is 13.2 Å². The fourth-order valence-electron chi connectivity index (χ4n) is 2.79. The van der Waals surface area contributed by atoms with Gasteiger partial charge in [-0.05, 0) is 29.3 Å². The standard InChI is InChI=1S/C16H11F4N3O/c17-10-5-9-6-11(8-22-23-21)24-15(9)13(7-10)12-3-1-2-4-14(12)16(18,19)20/h1-5,7,11H,6,8H2. The molecule has 0 aromatic heterocycles. The predicted octanol–water partition coefficient (Wildman–Crippen LogP) is 5.13. The van der Waals surface area contributed by atoms with Gasteiger partial charge in [0, 0.05) is 22.5 Å². The van der Waals surface area contributed by atoms with Gasteiger partial charge >= 0.3 is 6.18 Å². The molecule has 3 rings (SSSR count). The van der Waals surface area contributed by atoms with Crippen LogP contribution in [0.4, 0.5) is 17.6 Å². The molecule has 0 N–H and O–H groups in total. The van der Waals surface area contributed by atoms with Gasteiger partial charge in [-0.3, -0.25) is 0 Å². The van der Waals surface area contributed by atoms with Crippen LogP contribution in [0.2, 0.25) is 0 Å². The number of fused-ring (bicyclic) bond motifs is 1. The first-order chi connectivity index (χ1) is 11.4. The maximum absolute atomic E-state index is 13.9. The summed E-state index contributed by atoms with van der Waals surface area (Å²) in [5.41, 5.74) is 7.86. The molecule has 0 bridgehead atoms. The van der Waals surface area contributed by atoms with Gasteiger partial charge in [-0.25, -0.2) is 4.39 Å². The number of hydrogen-bond donors (Lipinski definition) is 0. The van der Waals surface area contributed by atoms with Crippen molar-refractivity contribution in [3.63, 3.8) is 0 Å². The van der Waals surface area contributed by atoms with Gasteiger partial charge in [0.2, 0.25) is 0 Å². The number of ether oxygens (including phenoxy) is 1. The van der Waals surface area contributed by atoms with Crippen LogP contribution in [-0.4, -0.2) is 12.6 Å². The Balaban J connectivity index is 2.11. The maximum atomic E-state index is 13.9. The van der Waals surface area contributed by atoms with Crippen LogP contribution in [0.25, 0.3) is 21.6 Å². The van der Waals surface area contributed by atoms with Crippen molar-refractivity contribution < 1.29 is 22.3 Å². The summed E-state index contributed by atoms with van der Waals surface area (Å²) in [6.07, 6.45) is -4.82. The van der Waals surface area contributed by atoms with E-state index in [1.165, 1.54) is 24.3 Å². The van der Waals surface area contributed by atoms with Crippen molar-refractivity contribution in [1.29, 1.82) is 0 Å². The molecule has 124 valence electrons. The Morgan fingerprint density at radius 3 is 2.67 bits per heavy atom. The number of benzene rings is 2. The molecule has 2 aromatic carbocycles. The first-order valence-corrected chi connectivity index (χ1v) is 7.06. The van der Waals surface area contributed by atoms with E-state index in [0.29, 0.717) is 5.56 Å². The molecule has 1 heterocycles. The van der Waals surface area contributed by atoms with Crippen molar-refractivity contribution in [2.24, 2.45) is 5.11 Å². The highest BCUT2D eigenvalue weighted by Crippen LogP contribution is 2.44. The summed E-state index contributed by atoms with van der Waals surface area (Å²) in [6, 6.07) is 7.21. The lowest BCUT2D eigenvalue weighted by Gasteiger charge is -2.16. The largest absolute Gasteiger partial charge is 0.489 e. The molecule has 1 atom stereocenters. The van der Waals surface area contributed by atoms with E-state index < -0.39 is 23.7 Å². The molecule has 1 unspecified atom stereocenters. The van der Waals surface area contributed by atoms with Gasteiger partial charge in [0.1, 0.15) is 17.7 Å². The van der Waals surface area contributed by atoms with Gasteiger partial charge in [-0.1, -0.05) is 23.3 Å². The SMILES string of the molecule is [N-]=[N+]=NCC1Cc2cc(F)cc(-c3ccccc3C(F)(F)F)c2O1. The number of alkyl halides is 3. The lowest BCUT2D eigenvalue weighted by Crippen LogP contribution is -2.16. The third kappa shape index (κ3) is 3.00. The second-order valence-electron chi connectivity index (χ2n) is 5.34. The summed E-state index contributed by atoms with van der Waals surface area (Å²) in [6.45, 7) is 0.0210. The lowest BCUT2D eigenvalue weighted by atomic mass is 9.96. The van der Waals surface area contributed by atoms with E-state index in [1.807, 2.05) is 0 Å². The fourth-order valence-corrected chi connectivity index (χ4v) is 2.79. The average molecular weight is 337 g/mol. The second-order valence-corrected chi connectivity index (χ2v) is 5.34. The van der Waals surface area contributed by atoms with Gasteiger partial charge in [0.25, 0.3) is 0 Å². The Bertz CT molecular complexity index is 829. The Morgan fingerprint density at radius 1 is 1.21 bits per heavy atom. The summed E-state index contributed by atoms with van der Waals surface area (Å²) in [5.74, 6) is -0.444. The van der Waals surface area contributed by atoms with Crippen LogP contribution in [0, 0.1) is 5.82 Å². The molecular formula is C16H11F4N3O. The van der Waals surface area contributed by atoms with Crippen LogP contribution in [0.5, 0.6) is 5.75 Å². The fraction of sp³-hybridized carbons (Fsp3) is 0.250. The van der Waals surface area contributed by atoms with Crippen molar-refractivity contribution in [3.8, 4) is 16.9 Å². The van der Waals surface area contributed by atoms with Crippen molar-refractivity contribution in [2.45, 2.75) is 18.7 Å². The summed E-state index contributed by atoms with van der Waals surface area (Å²) >= 11 is 0. The van der Waals surface area contributed by atoms with Crippen molar-refractivity contribution in [3.05, 3.63) is 63.8 Å². The van der Waals surface area contributed by atoms with E-state index in [4.69, 9.17) is 10.3 Å². The summed E-state index contributed by atoms with van der Waals surface area (Å²) < 4.78 is 59.2. The van der Waals surface area contributed by atoms with E-state index in [2.05, 4.69) is 10.0 Å². The van der Waals surface area contributed by atoms with Crippen LogP contribution >= 0.6 is 0 Å². The van der Waals surface area contributed by atoms with Crippen molar-refractivity contribution in [2.75, 3.05) is 6.54 Å². The minimum atomic E-state index is -4.57. The minimum absolute atomic E-state index is 0.0210. The molecule has 2 aromatic rings. The van der Waals surface area contributed by atoms with Gasteiger partial charge in [-0.15, -0.1) is 0 Å². The van der Waals surface area contributed by atoms with E-state index in [9.17, 15) is 17.6 Å². The highest BCUT2D eigenvalue weighted by Gasteiger charge is 2.35. The van der Waals surface area contributed by atoms with Gasteiger partial charge < -0.3 is 4.74 Å². The summed E-state index contributed by atoms with van der Waals surface area (Å²) in [7, 11) is 0. The molecule has 0 saturated carbocycles. The number of azide groups is 1. The molecular weight excluding hydrogens is 326 g/mol. The van der Waals surface area contributed by atoms with Crippen molar-refractivity contribution in [1.82, 2.24) is 0 Å². The molecule has 4 nitrogen and oxygen atoms in total. The average Bonchev–Trinajstić information content (AvgIpc) is 2.94. The molecule has 0 saturated heterocycles. The second kappa shape index (κ2) is 6.05. The van der Waals surface area contributed by atoms with Crippen LogP contribution in [0.3, 0.4) is 0 Å². The minimum Gasteiger partial charge on any atom is -0.489 e. The number of halogens is 4. The molecule has 8 heteroatoms. The molecule has 1 aliphatic rings. The summed E-state index contributed by atoms with van der Waals surface area (Å²) in [5, 5.41) is 3.40. The molecule has 0 radical (unpaired) electrons. The number of hydrogen-bond acceptors (Lipinski definition) is 2. The number of nitrogens with zero attached hydrogens (tertiary/aromatic N) is 3. The van der Waals surface area contributed by atoms with E-state index in [-0.39, 0.29) is 29.8 Å². The van der Waals surface area contributed by atoms with Crippen LogP contribution in [-0.2, 0) is 12.6 Å². The quantitative estimate of drug-likeness (QED) is 0.332. The lowest BCUT2D eigenvalue weighted by molar-refractivity contribution is -0.137. The molecule has 0 aliphatic carbocycles. The number of rotatable bonds is 3. The topological polar surface area (TPSA) is 58.0 Å². The Morgan fingerprint density at radius 2 is 1.96 bits per heavy atom. The van der Waals surface area contributed by atoms with Gasteiger partial charge in [0.15, 0.2) is 0 Å². The van der Waals surface area contributed by atoms with Crippen LogP contribution in [0.15, 0.2) is 41.5 Å². The van der Waals surface area contributed by atoms with Gasteiger partial charge in [0.05, 0.1) is 12.1 Å². The Kier molecular flexibility index (Phi) is 4.07. The smallest absolute Gasteiger partial charge is 0.417 e. The zero-order valence-electron chi connectivity index (χ0n) is 12.2. The van der Waals surface area contributed by atoms with Crippen LogP contribution < -0.4 is 4.74 Å². The maximum Gasteiger partial charge on any atom is 0.417 e. The molecule has 0 fully saturated rings. The Labute approximate surface area is 134 Å². The highest BCUT2D eigenvalue weighted by molar-refractivity contribution is 5.76. The third-order valence-corrected chi connectivity index (χ3v) is 3.73. The predicted molar refractivity (Wildman–Crippen MR) is 79.0 cm³/mol. The van der Waals surface area contributed by atoms with Crippen molar-refractivity contribution >= 4 is 0 Å². The summed E-state index contributed by atoms with van der Waals surface area (Å²) in [4.78, 5) is 2.63. The zero-order chi connectivity index (χ0) is 17.3. The molecule has 1 aliphatic heterocycles. The molecule has 24 heavy (non-hydrogen) atoms. The monoisotopic (exact) mass is 337 g/mol. The third-order valence-electron chi connectivity index (χ3n) is 3.73. The van der Waals surface area contributed by atoms with E-state index in [1.54, 1.807) is 0 Å². The first kappa shape index (κ1) is 16.1. The first-order valence-electron chi connectivity index (χ1n) is 7.06. The Hall–Kier alpha value is -2.73. The van der Waals surface area contributed by atoms with Crippen LogP contribution in [0.1, 0.15) is 11.1 Å². The highest BCUT2D eigenvalue weighted by atomic mass is 19.4. The zero-order valence-corrected chi connectivity index (χ0v) is 12.2. The van der Waals surface area contributed by atoms with E-state index >= 15 is 0 Å². The molecule has 0 amide bonds. The normalized spacial score (nSPS) is 16.2. The molecule has 0 spiro atoms.